The Morgan fingerprint density at radius 1 is 1.27 bits per heavy atom. The Hall–Kier alpha value is -2.10. The van der Waals surface area contributed by atoms with E-state index >= 15 is 0 Å². The molecule has 15 heavy (non-hydrogen) atoms. The molecule has 0 aliphatic rings. The summed E-state index contributed by atoms with van der Waals surface area (Å²) in [5, 5.41) is 0. The van der Waals surface area contributed by atoms with Gasteiger partial charge in [-0.2, -0.15) is 5.48 Å². The third-order valence-corrected chi connectivity index (χ3v) is 1.63. The van der Waals surface area contributed by atoms with E-state index in [-0.39, 0.29) is 5.57 Å². The van der Waals surface area contributed by atoms with E-state index in [4.69, 9.17) is 0 Å². The van der Waals surface area contributed by atoms with E-state index in [2.05, 4.69) is 11.4 Å². The van der Waals surface area contributed by atoms with E-state index < -0.39 is 11.9 Å². The average Bonchev–Trinajstić information content (AvgIpc) is 2.26. The maximum atomic E-state index is 11.3. The second-order valence-corrected chi connectivity index (χ2v) is 2.97. The lowest BCUT2D eigenvalue weighted by Crippen LogP contribution is -2.27. The van der Waals surface area contributed by atoms with Gasteiger partial charge < -0.3 is 4.84 Å². The fraction of sp³-hybridized carbons (Fsp3) is 0.0909. The highest BCUT2D eigenvalue weighted by Gasteiger charge is 2.08. The van der Waals surface area contributed by atoms with E-state index in [1.807, 2.05) is 5.48 Å². The second-order valence-electron chi connectivity index (χ2n) is 2.97. The molecule has 1 rings (SSSR count). The molecule has 0 aliphatic carbocycles. The highest BCUT2D eigenvalue weighted by atomic mass is 16.7. The number of rotatable bonds is 2. The summed E-state index contributed by atoms with van der Waals surface area (Å²) in [6.45, 7) is 4.92. The molecule has 0 unspecified atom stereocenters. The van der Waals surface area contributed by atoms with Gasteiger partial charge in [-0.15, -0.1) is 0 Å². The molecule has 0 atom stereocenters. The molecule has 1 amide bonds. The van der Waals surface area contributed by atoms with Gasteiger partial charge in [-0.3, -0.25) is 4.79 Å². The standard InChI is InChI=1S/C11H11NO3/c1-8(2)10(13)12-15-11(14)9-6-4-3-5-7-9/h3-7H,1H2,2H3,(H,12,13). The van der Waals surface area contributed by atoms with E-state index in [1.54, 1.807) is 30.3 Å². The van der Waals surface area contributed by atoms with Crippen LogP contribution in [-0.2, 0) is 9.63 Å². The molecular formula is C11H11NO3. The van der Waals surface area contributed by atoms with Crippen molar-refractivity contribution in [1.29, 1.82) is 0 Å². The summed E-state index contributed by atoms with van der Waals surface area (Å²) < 4.78 is 0. The Kier molecular flexibility index (Phi) is 3.62. The van der Waals surface area contributed by atoms with Gasteiger partial charge >= 0.3 is 5.97 Å². The first-order chi connectivity index (χ1) is 7.11. The van der Waals surface area contributed by atoms with Crippen molar-refractivity contribution in [3.8, 4) is 0 Å². The van der Waals surface area contributed by atoms with Crippen molar-refractivity contribution in [2.75, 3.05) is 0 Å². The van der Waals surface area contributed by atoms with Crippen molar-refractivity contribution < 1.29 is 14.4 Å². The van der Waals surface area contributed by atoms with Crippen molar-refractivity contribution in [3.05, 3.63) is 48.0 Å². The predicted molar refractivity (Wildman–Crippen MR) is 54.8 cm³/mol. The molecule has 4 nitrogen and oxygen atoms in total. The van der Waals surface area contributed by atoms with Gasteiger partial charge in [0.05, 0.1) is 5.56 Å². The zero-order valence-corrected chi connectivity index (χ0v) is 8.32. The number of benzene rings is 1. The zero-order valence-electron chi connectivity index (χ0n) is 8.32. The minimum atomic E-state index is -0.606. The molecule has 0 bridgehead atoms. The van der Waals surface area contributed by atoms with Crippen LogP contribution in [0, 0.1) is 0 Å². The fourth-order valence-corrected chi connectivity index (χ4v) is 0.813. The number of hydrogen-bond acceptors (Lipinski definition) is 3. The van der Waals surface area contributed by atoms with Gasteiger partial charge in [0.2, 0.25) is 0 Å². The smallest absolute Gasteiger partial charge is 0.335 e. The van der Waals surface area contributed by atoms with Crippen LogP contribution >= 0.6 is 0 Å². The molecule has 0 saturated carbocycles. The quantitative estimate of drug-likeness (QED) is 0.587. The summed E-state index contributed by atoms with van der Waals surface area (Å²) in [7, 11) is 0. The molecule has 1 aromatic rings. The summed E-state index contributed by atoms with van der Waals surface area (Å²) in [6, 6.07) is 8.38. The van der Waals surface area contributed by atoms with Crippen LogP contribution in [0.4, 0.5) is 0 Å². The van der Waals surface area contributed by atoms with Crippen LogP contribution in [0.1, 0.15) is 17.3 Å². The second kappa shape index (κ2) is 4.95. The molecule has 1 aromatic carbocycles. The van der Waals surface area contributed by atoms with Crippen molar-refractivity contribution in [3.63, 3.8) is 0 Å². The molecular weight excluding hydrogens is 194 g/mol. The van der Waals surface area contributed by atoms with Gasteiger partial charge in [-0.1, -0.05) is 24.8 Å². The van der Waals surface area contributed by atoms with Crippen molar-refractivity contribution in [2.24, 2.45) is 0 Å². The number of hydroxylamine groups is 1. The molecule has 4 heteroatoms. The van der Waals surface area contributed by atoms with Crippen LogP contribution in [0.25, 0.3) is 0 Å². The summed E-state index contributed by atoms with van der Waals surface area (Å²) in [5.74, 6) is -1.12. The maximum Gasteiger partial charge on any atom is 0.362 e. The first kappa shape index (κ1) is 11.0. The zero-order chi connectivity index (χ0) is 11.3. The average molecular weight is 205 g/mol. The highest BCUT2D eigenvalue weighted by molar-refractivity contribution is 5.94. The molecule has 0 spiro atoms. The summed E-state index contributed by atoms with van der Waals surface area (Å²) in [4.78, 5) is 26.8. The minimum absolute atomic E-state index is 0.274. The van der Waals surface area contributed by atoms with Crippen LogP contribution < -0.4 is 5.48 Å². The molecule has 0 saturated heterocycles. The number of hydrogen-bond donors (Lipinski definition) is 1. The Morgan fingerprint density at radius 2 is 1.87 bits per heavy atom. The lowest BCUT2D eigenvalue weighted by atomic mass is 10.2. The van der Waals surface area contributed by atoms with Gasteiger partial charge in [-0.25, -0.2) is 4.79 Å². The van der Waals surface area contributed by atoms with Gasteiger partial charge in [0.15, 0.2) is 0 Å². The maximum absolute atomic E-state index is 11.3. The van der Waals surface area contributed by atoms with Crippen LogP contribution in [0.2, 0.25) is 0 Å². The Morgan fingerprint density at radius 3 is 2.40 bits per heavy atom. The number of nitrogens with one attached hydrogen (secondary N) is 1. The first-order valence-electron chi connectivity index (χ1n) is 4.33. The van der Waals surface area contributed by atoms with E-state index in [9.17, 15) is 9.59 Å². The molecule has 0 aliphatic heterocycles. The van der Waals surface area contributed by atoms with Crippen LogP contribution in [0.15, 0.2) is 42.5 Å². The monoisotopic (exact) mass is 205 g/mol. The largest absolute Gasteiger partial charge is 0.362 e. The topological polar surface area (TPSA) is 55.4 Å². The van der Waals surface area contributed by atoms with Gasteiger partial charge in [0.1, 0.15) is 0 Å². The highest BCUT2D eigenvalue weighted by Crippen LogP contribution is 1.99. The predicted octanol–water partition coefficient (Wildman–Crippen LogP) is 1.45. The normalized spacial score (nSPS) is 9.13. The molecule has 0 fully saturated rings. The van der Waals surface area contributed by atoms with E-state index in [1.165, 1.54) is 6.92 Å². The number of carbonyl (C=O) groups is 2. The summed E-state index contributed by atoms with van der Waals surface area (Å²) >= 11 is 0. The molecule has 1 N–H and O–H groups in total. The third-order valence-electron chi connectivity index (χ3n) is 1.63. The van der Waals surface area contributed by atoms with Crippen LogP contribution in [0.3, 0.4) is 0 Å². The summed E-state index contributed by atoms with van der Waals surface area (Å²) in [6.07, 6.45) is 0. The van der Waals surface area contributed by atoms with Gasteiger partial charge in [0.25, 0.3) is 5.91 Å². The van der Waals surface area contributed by atoms with Gasteiger partial charge in [0, 0.05) is 5.57 Å². The van der Waals surface area contributed by atoms with Crippen molar-refractivity contribution >= 4 is 11.9 Å². The minimum Gasteiger partial charge on any atom is -0.335 e. The Balaban J connectivity index is 2.51. The summed E-state index contributed by atoms with van der Waals surface area (Å²) in [5.41, 5.74) is 2.64. The number of carbonyl (C=O) groups excluding carboxylic acids is 2. The van der Waals surface area contributed by atoms with Crippen LogP contribution in [0.5, 0.6) is 0 Å². The van der Waals surface area contributed by atoms with E-state index in [0.29, 0.717) is 5.56 Å². The Bertz CT molecular complexity index is 384. The molecule has 0 radical (unpaired) electrons. The Labute approximate surface area is 87.5 Å². The van der Waals surface area contributed by atoms with Crippen LogP contribution in [-0.4, -0.2) is 11.9 Å². The van der Waals surface area contributed by atoms with E-state index in [0.717, 1.165) is 0 Å². The lowest BCUT2D eigenvalue weighted by Gasteiger charge is -2.04. The van der Waals surface area contributed by atoms with Crippen molar-refractivity contribution in [2.45, 2.75) is 6.92 Å². The number of amides is 1. The molecule has 0 aromatic heterocycles. The first-order valence-corrected chi connectivity index (χ1v) is 4.33. The molecule has 0 heterocycles. The lowest BCUT2D eigenvalue weighted by molar-refractivity contribution is -0.126. The van der Waals surface area contributed by atoms with Gasteiger partial charge in [-0.05, 0) is 19.1 Å². The fourth-order valence-electron chi connectivity index (χ4n) is 0.813. The SMILES string of the molecule is C=C(C)C(=O)NOC(=O)c1ccccc1. The molecule has 78 valence electrons. The third kappa shape index (κ3) is 3.27. The van der Waals surface area contributed by atoms with Crippen molar-refractivity contribution in [1.82, 2.24) is 5.48 Å².